The van der Waals surface area contributed by atoms with Crippen molar-refractivity contribution in [3.05, 3.63) is 63.4 Å². The van der Waals surface area contributed by atoms with E-state index in [1.807, 2.05) is 30.5 Å². The molecule has 4 rings (SSSR count). The van der Waals surface area contributed by atoms with Gasteiger partial charge in [0.25, 0.3) is 0 Å². The van der Waals surface area contributed by atoms with Gasteiger partial charge in [-0.05, 0) is 50.3 Å². The maximum absolute atomic E-state index is 13.3. The van der Waals surface area contributed by atoms with Crippen LogP contribution in [0.1, 0.15) is 70.1 Å². The number of hydrogen-bond acceptors (Lipinski definition) is 3. The van der Waals surface area contributed by atoms with Gasteiger partial charge < -0.3 is 9.88 Å². The van der Waals surface area contributed by atoms with Crippen LogP contribution in [0.5, 0.6) is 0 Å². The first kappa shape index (κ1) is 19.8. The summed E-state index contributed by atoms with van der Waals surface area (Å²) in [7, 11) is 0. The van der Waals surface area contributed by atoms with E-state index < -0.39 is 0 Å². The maximum atomic E-state index is 13.3. The van der Waals surface area contributed by atoms with Crippen LogP contribution >= 0.6 is 11.6 Å². The van der Waals surface area contributed by atoms with Crippen LogP contribution in [-0.4, -0.2) is 10.4 Å². The van der Waals surface area contributed by atoms with Gasteiger partial charge in [0.2, 0.25) is 0 Å². The van der Waals surface area contributed by atoms with Crippen LogP contribution in [0.25, 0.3) is 0 Å². The lowest BCUT2D eigenvalue weighted by Crippen LogP contribution is -2.35. The van der Waals surface area contributed by atoms with Crippen LogP contribution in [0.4, 0.5) is 5.82 Å². The Hall–Kier alpha value is -2.51. The number of nitrogens with zero attached hydrogens (tertiary/aromatic N) is 2. The number of Topliss-reactive ketones (excluding diaryl/α,β-unsaturated/α-hetero) is 1. The lowest BCUT2D eigenvalue weighted by molar-refractivity contribution is -0.118. The fourth-order valence-corrected chi connectivity index (χ4v) is 4.74. The highest BCUT2D eigenvalue weighted by molar-refractivity contribution is 6.30. The molecule has 1 atom stereocenters. The van der Waals surface area contributed by atoms with Gasteiger partial charge in [0.15, 0.2) is 5.78 Å². The van der Waals surface area contributed by atoms with E-state index in [0.717, 1.165) is 34.6 Å². The van der Waals surface area contributed by atoms with E-state index in [9.17, 15) is 10.1 Å². The van der Waals surface area contributed by atoms with Crippen LogP contribution in [0.2, 0.25) is 5.02 Å². The molecule has 0 amide bonds. The zero-order valence-electron chi connectivity index (χ0n) is 17.6. The van der Waals surface area contributed by atoms with E-state index in [2.05, 4.69) is 50.6 Å². The number of nitriles is 1. The second-order valence-electron chi connectivity index (χ2n) is 9.90. The minimum absolute atomic E-state index is 0.0951. The summed E-state index contributed by atoms with van der Waals surface area (Å²) >= 11 is 6.13. The van der Waals surface area contributed by atoms with E-state index in [1.165, 1.54) is 0 Å². The van der Waals surface area contributed by atoms with E-state index >= 15 is 0 Å². The average molecular weight is 408 g/mol. The number of allylic oxidation sites excluding steroid dienone is 2. The number of carbonyl (C=O) groups excluding carboxylic acids is 1. The minimum Gasteiger partial charge on any atom is -0.344 e. The zero-order valence-corrected chi connectivity index (χ0v) is 18.3. The van der Waals surface area contributed by atoms with Gasteiger partial charge in [-0.25, -0.2) is 0 Å². The Morgan fingerprint density at radius 2 is 1.86 bits per heavy atom. The molecule has 1 N–H and O–H groups in total. The van der Waals surface area contributed by atoms with Gasteiger partial charge in [-0.15, -0.1) is 0 Å². The Labute approximate surface area is 177 Å². The fraction of sp³-hybridized carbons (Fsp3) is 0.417. The predicted octanol–water partition coefficient (Wildman–Crippen LogP) is 5.97. The SMILES string of the molecule is CC1(C)CC(=O)C2=C(C1)Nc1c(c(C#N)cn1C(C)(C)C)[C@@H]2c1ccc(Cl)cc1. The molecule has 1 aromatic heterocycles. The number of fused-ring (bicyclic) bond motifs is 1. The Kier molecular flexibility index (Phi) is 4.44. The quantitative estimate of drug-likeness (QED) is 0.633. The van der Waals surface area contributed by atoms with Crippen molar-refractivity contribution in [2.24, 2.45) is 5.41 Å². The number of anilines is 1. The molecular weight excluding hydrogens is 382 g/mol. The van der Waals surface area contributed by atoms with E-state index in [4.69, 9.17) is 11.6 Å². The molecule has 5 heteroatoms. The highest BCUT2D eigenvalue weighted by atomic mass is 35.5. The first-order valence-electron chi connectivity index (χ1n) is 9.96. The molecule has 0 saturated heterocycles. The Morgan fingerprint density at radius 1 is 1.21 bits per heavy atom. The van der Waals surface area contributed by atoms with Gasteiger partial charge >= 0.3 is 0 Å². The molecule has 1 aliphatic heterocycles. The summed E-state index contributed by atoms with van der Waals surface area (Å²) in [5.41, 5.74) is 3.95. The van der Waals surface area contributed by atoms with E-state index in [1.54, 1.807) is 0 Å². The molecular formula is C24H26ClN3O. The fourth-order valence-electron chi connectivity index (χ4n) is 4.62. The first-order chi connectivity index (χ1) is 13.5. The average Bonchev–Trinajstić information content (AvgIpc) is 2.98. The molecule has 0 saturated carbocycles. The lowest BCUT2D eigenvalue weighted by atomic mass is 9.69. The molecule has 1 aliphatic carbocycles. The molecule has 0 radical (unpaired) electrons. The van der Waals surface area contributed by atoms with Crippen molar-refractivity contribution in [2.75, 3.05) is 5.32 Å². The predicted molar refractivity (Wildman–Crippen MR) is 116 cm³/mol. The molecule has 0 spiro atoms. The molecule has 2 heterocycles. The first-order valence-corrected chi connectivity index (χ1v) is 10.3. The van der Waals surface area contributed by atoms with Crippen molar-refractivity contribution in [1.29, 1.82) is 5.26 Å². The molecule has 0 unspecified atom stereocenters. The Balaban J connectivity index is 2.02. The largest absolute Gasteiger partial charge is 0.344 e. The molecule has 0 bridgehead atoms. The smallest absolute Gasteiger partial charge is 0.162 e. The Bertz CT molecular complexity index is 1080. The highest BCUT2D eigenvalue weighted by Crippen LogP contribution is 2.51. The number of aromatic nitrogens is 1. The van der Waals surface area contributed by atoms with E-state index in [-0.39, 0.29) is 22.7 Å². The van der Waals surface area contributed by atoms with Crippen molar-refractivity contribution in [3.8, 4) is 6.07 Å². The lowest BCUT2D eigenvalue weighted by Gasteiger charge is -2.40. The number of halogens is 1. The molecule has 150 valence electrons. The third kappa shape index (κ3) is 3.28. The van der Waals surface area contributed by atoms with Gasteiger partial charge in [-0.1, -0.05) is 37.6 Å². The van der Waals surface area contributed by atoms with Gasteiger partial charge in [0.1, 0.15) is 11.9 Å². The van der Waals surface area contributed by atoms with Crippen LogP contribution in [0.3, 0.4) is 0 Å². The summed E-state index contributed by atoms with van der Waals surface area (Å²) in [6.45, 7) is 10.6. The molecule has 2 aromatic rings. The van der Waals surface area contributed by atoms with Gasteiger partial charge in [0.05, 0.1) is 5.56 Å². The number of benzene rings is 1. The molecule has 4 nitrogen and oxygen atoms in total. The summed E-state index contributed by atoms with van der Waals surface area (Å²) in [4.78, 5) is 13.3. The van der Waals surface area contributed by atoms with Crippen molar-refractivity contribution >= 4 is 23.2 Å². The third-order valence-corrected chi connectivity index (χ3v) is 6.11. The van der Waals surface area contributed by atoms with Crippen molar-refractivity contribution in [2.45, 2.75) is 58.9 Å². The van der Waals surface area contributed by atoms with Crippen molar-refractivity contribution in [1.82, 2.24) is 4.57 Å². The van der Waals surface area contributed by atoms with Crippen molar-refractivity contribution in [3.63, 3.8) is 0 Å². The van der Waals surface area contributed by atoms with Gasteiger partial charge in [-0.3, -0.25) is 4.79 Å². The topological polar surface area (TPSA) is 57.8 Å². The second kappa shape index (κ2) is 6.50. The number of hydrogen-bond donors (Lipinski definition) is 1. The van der Waals surface area contributed by atoms with Crippen LogP contribution in [0, 0.1) is 16.7 Å². The van der Waals surface area contributed by atoms with Gasteiger partial charge in [-0.2, -0.15) is 5.26 Å². The zero-order chi connectivity index (χ0) is 21.1. The van der Waals surface area contributed by atoms with Crippen LogP contribution in [-0.2, 0) is 10.3 Å². The monoisotopic (exact) mass is 407 g/mol. The molecule has 0 fully saturated rings. The summed E-state index contributed by atoms with van der Waals surface area (Å²) < 4.78 is 2.12. The van der Waals surface area contributed by atoms with Gasteiger partial charge in [0, 0.05) is 45.9 Å². The standard InChI is InChI=1S/C24H26ClN3O/c1-23(2,3)28-13-15(12-26)20-19(14-6-8-16(25)9-7-14)21-17(27-22(20)28)10-24(4,5)11-18(21)29/h6-9,13,19,27H,10-11H2,1-5H3/t19-/m0/s1. The summed E-state index contributed by atoms with van der Waals surface area (Å²) in [6, 6.07) is 10.00. The molecule has 1 aromatic carbocycles. The third-order valence-electron chi connectivity index (χ3n) is 5.86. The van der Waals surface area contributed by atoms with Crippen LogP contribution in [0.15, 0.2) is 41.7 Å². The second-order valence-corrected chi connectivity index (χ2v) is 10.3. The maximum Gasteiger partial charge on any atom is 0.162 e. The summed E-state index contributed by atoms with van der Waals surface area (Å²) in [6.07, 6.45) is 3.22. The van der Waals surface area contributed by atoms with Crippen molar-refractivity contribution < 1.29 is 4.79 Å². The Morgan fingerprint density at radius 3 is 2.45 bits per heavy atom. The molecule has 29 heavy (non-hydrogen) atoms. The number of ketones is 1. The molecule has 2 aliphatic rings. The normalized spacial score (nSPS) is 20.6. The number of nitrogens with one attached hydrogen (secondary N) is 1. The summed E-state index contributed by atoms with van der Waals surface area (Å²) in [5.74, 6) is 0.806. The highest BCUT2D eigenvalue weighted by Gasteiger charge is 2.43. The van der Waals surface area contributed by atoms with E-state index in [0.29, 0.717) is 17.0 Å². The minimum atomic E-state index is -0.264. The number of rotatable bonds is 1. The number of carbonyl (C=O) groups is 1. The van der Waals surface area contributed by atoms with Crippen LogP contribution < -0.4 is 5.32 Å². The summed E-state index contributed by atoms with van der Waals surface area (Å²) in [5, 5.41) is 14.1.